The first-order valence-electron chi connectivity index (χ1n) is 9.20. The number of carbonyl (C=O) groups excluding carboxylic acids is 1. The van der Waals surface area contributed by atoms with Crippen molar-refractivity contribution in [2.45, 2.75) is 6.42 Å². The van der Waals surface area contributed by atoms with Gasteiger partial charge in [-0.15, -0.1) is 0 Å². The molecule has 1 aliphatic heterocycles. The standard InChI is InChI=1S/C21H21ClN4O2/c22-17-4-7-20(25-10-12-28-13-11-25)19(15-17)24-21(27)14-16-2-5-18(6-3-16)26-9-1-8-23-26/h1-9,15H,10-14H2,(H,24,27). The average molecular weight is 397 g/mol. The molecule has 6 nitrogen and oxygen atoms in total. The normalized spacial score (nSPS) is 14.1. The van der Waals surface area contributed by atoms with Crippen LogP contribution in [0, 0.1) is 0 Å². The number of amides is 1. The number of rotatable bonds is 5. The van der Waals surface area contributed by atoms with Crippen molar-refractivity contribution in [2.24, 2.45) is 0 Å². The van der Waals surface area contributed by atoms with Gasteiger partial charge in [0.05, 0.1) is 36.7 Å². The molecule has 1 fully saturated rings. The van der Waals surface area contributed by atoms with Crippen LogP contribution in [-0.2, 0) is 16.0 Å². The van der Waals surface area contributed by atoms with E-state index in [0.717, 1.165) is 35.7 Å². The van der Waals surface area contributed by atoms with Crippen LogP contribution in [0.1, 0.15) is 5.56 Å². The molecule has 0 saturated carbocycles. The molecule has 1 saturated heterocycles. The number of nitrogens with zero attached hydrogens (tertiary/aromatic N) is 3. The summed E-state index contributed by atoms with van der Waals surface area (Å²) >= 11 is 6.16. The molecule has 0 radical (unpaired) electrons. The van der Waals surface area contributed by atoms with Gasteiger partial charge in [0.1, 0.15) is 0 Å². The second-order valence-electron chi connectivity index (χ2n) is 6.60. The highest BCUT2D eigenvalue weighted by Crippen LogP contribution is 2.30. The van der Waals surface area contributed by atoms with Gasteiger partial charge in [-0.25, -0.2) is 4.68 Å². The molecular weight excluding hydrogens is 376 g/mol. The Morgan fingerprint density at radius 3 is 2.64 bits per heavy atom. The number of benzene rings is 2. The number of ether oxygens (including phenoxy) is 1. The maximum atomic E-state index is 12.6. The van der Waals surface area contributed by atoms with Crippen LogP contribution in [0.5, 0.6) is 0 Å². The smallest absolute Gasteiger partial charge is 0.228 e. The van der Waals surface area contributed by atoms with E-state index in [1.54, 1.807) is 16.9 Å². The number of carbonyl (C=O) groups is 1. The lowest BCUT2D eigenvalue weighted by Crippen LogP contribution is -2.36. The third-order valence-corrected chi connectivity index (χ3v) is 4.89. The fraction of sp³-hybridized carbons (Fsp3) is 0.238. The molecule has 1 aromatic heterocycles. The molecule has 3 aromatic rings. The Bertz CT molecular complexity index is 936. The van der Waals surface area contributed by atoms with Crippen LogP contribution >= 0.6 is 11.6 Å². The molecule has 1 N–H and O–H groups in total. The highest BCUT2D eigenvalue weighted by atomic mass is 35.5. The van der Waals surface area contributed by atoms with Crippen molar-refractivity contribution < 1.29 is 9.53 Å². The van der Waals surface area contributed by atoms with Crippen molar-refractivity contribution in [1.29, 1.82) is 0 Å². The minimum absolute atomic E-state index is 0.0800. The number of aromatic nitrogens is 2. The lowest BCUT2D eigenvalue weighted by atomic mass is 10.1. The van der Waals surface area contributed by atoms with E-state index >= 15 is 0 Å². The van der Waals surface area contributed by atoms with E-state index in [9.17, 15) is 4.79 Å². The van der Waals surface area contributed by atoms with Crippen LogP contribution < -0.4 is 10.2 Å². The zero-order valence-electron chi connectivity index (χ0n) is 15.3. The monoisotopic (exact) mass is 396 g/mol. The summed E-state index contributed by atoms with van der Waals surface area (Å²) in [5.41, 5.74) is 3.59. The van der Waals surface area contributed by atoms with Crippen molar-refractivity contribution in [1.82, 2.24) is 9.78 Å². The molecule has 144 valence electrons. The molecule has 0 bridgehead atoms. The number of hydrogen-bond acceptors (Lipinski definition) is 4. The van der Waals surface area contributed by atoms with Crippen molar-refractivity contribution in [2.75, 3.05) is 36.5 Å². The van der Waals surface area contributed by atoms with Gasteiger partial charge in [-0.2, -0.15) is 5.10 Å². The van der Waals surface area contributed by atoms with Crippen LogP contribution in [0.4, 0.5) is 11.4 Å². The lowest BCUT2D eigenvalue weighted by Gasteiger charge is -2.30. The summed E-state index contributed by atoms with van der Waals surface area (Å²) < 4.78 is 7.20. The summed E-state index contributed by atoms with van der Waals surface area (Å²) in [4.78, 5) is 14.8. The number of hydrogen-bond donors (Lipinski definition) is 1. The van der Waals surface area contributed by atoms with Gasteiger partial charge in [0.15, 0.2) is 0 Å². The third-order valence-electron chi connectivity index (χ3n) is 4.65. The Kier molecular flexibility index (Phi) is 5.60. The van der Waals surface area contributed by atoms with Crippen LogP contribution in [-0.4, -0.2) is 42.0 Å². The average Bonchev–Trinajstić information content (AvgIpc) is 3.24. The number of morpholine rings is 1. The van der Waals surface area contributed by atoms with E-state index in [-0.39, 0.29) is 12.3 Å². The summed E-state index contributed by atoms with van der Waals surface area (Å²) in [5.74, 6) is -0.0800. The fourth-order valence-electron chi connectivity index (χ4n) is 3.26. The minimum atomic E-state index is -0.0800. The van der Waals surface area contributed by atoms with Crippen LogP contribution in [0.2, 0.25) is 5.02 Å². The minimum Gasteiger partial charge on any atom is -0.378 e. The molecule has 1 amide bonds. The van der Waals surface area contributed by atoms with Crippen LogP contribution in [0.15, 0.2) is 60.9 Å². The fourth-order valence-corrected chi connectivity index (χ4v) is 3.43. The largest absolute Gasteiger partial charge is 0.378 e. The zero-order valence-corrected chi connectivity index (χ0v) is 16.1. The second-order valence-corrected chi connectivity index (χ2v) is 7.04. The Morgan fingerprint density at radius 1 is 1.14 bits per heavy atom. The van der Waals surface area contributed by atoms with Crippen molar-refractivity contribution in [3.05, 3.63) is 71.5 Å². The highest BCUT2D eigenvalue weighted by molar-refractivity contribution is 6.31. The maximum Gasteiger partial charge on any atom is 0.228 e. The van der Waals surface area contributed by atoms with E-state index in [2.05, 4.69) is 15.3 Å². The van der Waals surface area contributed by atoms with Gasteiger partial charge in [0, 0.05) is 30.5 Å². The Balaban J connectivity index is 1.45. The van der Waals surface area contributed by atoms with Gasteiger partial charge in [-0.3, -0.25) is 4.79 Å². The number of anilines is 2. The molecule has 2 heterocycles. The van der Waals surface area contributed by atoms with Crippen molar-refractivity contribution >= 4 is 28.9 Å². The van der Waals surface area contributed by atoms with Crippen LogP contribution in [0.3, 0.4) is 0 Å². The molecule has 4 rings (SSSR count). The maximum absolute atomic E-state index is 12.6. The van der Waals surface area contributed by atoms with Crippen molar-refractivity contribution in [3.8, 4) is 5.69 Å². The Labute approximate surface area is 168 Å². The Morgan fingerprint density at radius 2 is 1.93 bits per heavy atom. The number of halogens is 1. The Hall–Kier alpha value is -2.83. The molecule has 0 aliphatic carbocycles. The molecule has 1 aliphatic rings. The van der Waals surface area contributed by atoms with Gasteiger partial charge in [-0.05, 0) is 42.0 Å². The van der Waals surface area contributed by atoms with E-state index in [4.69, 9.17) is 16.3 Å². The summed E-state index contributed by atoms with van der Waals surface area (Å²) in [6.07, 6.45) is 3.90. The predicted octanol–water partition coefficient (Wildman–Crippen LogP) is 3.54. The van der Waals surface area contributed by atoms with E-state index < -0.39 is 0 Å². The molecule has 0 atom stereocenters. The third kappa shape index (κ3) is 4.35. The SMILES string of the molecule is O=C(Cc1ccc(-n2cccn2)cc1)Nc1cc(Cl)ccc1N1CCOCC1. The topological polar surface area (TPSA) is 59.4 Å². The van der Waals surface area contributed by atoms with Crippen molar-refractivity contribution in [3.63, 3.8) is 0 Å². The van der Waals surface area contributed by atoms with Gasteiger partial charge < -0.3 is 15.0 Å². The number of nitrogens with one attached hydrogen (secondary N) is 1. The molecule has 2 aromatic carbocycles. The highest BCUT2D eigenvalue weighted by Gasteiger charge is 2.16. The summed E-state index contributed by atoms with van der Waals surface area (Å²) in [6.45, 7) is 2.94. The van der Waals surface area contributed by atoms with E-state index in [1.165, 1.54) is 0 Å². The quantitative estimate of drug-likeness (QED) is 0.716. The molecule has 0 spiro atoms. The summed E-state index contributed by atoms with van der Waals surface area (Å²) in [7, 11) is 0. The predicted molar refractivity (Wildman–Crippen MR) is 110 cm³/mol. The first-order chi connectivity index (χ1) is 13.7. The van der Waals surface area contributed by atoms with Crippen LogP contribution in [0.25, 0.3) is 5.69 Å². The summed E-state index contributed by atoms with van der Waals surface area (Å²) in [6, 6.07) is 15.2. The van der Waals surface area contributed by atoms with Gasteiger partial charge >= 0.3 is 0 Å². The summed E-state index contributed by atoms with van der Waals surface area (Å²) in [5, 5.41) is 7.82. The molecule has 28 heavy (non-hydrogen) atoms. The van der Waals surface area contributed by atoms with Gasteiger partial charge in [-0.1, -0.05) is 23.7 Å². The zero-order chi connectivity index (χ0) is 19.3. The molecule has 0 unspecified atom stereocenters. The second kappa shape index (κ2) is 8.46. The van der Waals surface area contributed by atoms with Gasteiger partial charge in [0.2, 0.25) is 5.91 Å². The van der Waals surface area contributed by atoms with E-state index in [0.29, 0.717) is 18.2 Å². The first-order valence-corrected chi connectivity index (χ1v) is 9.58. The van der Waals surface area contributed by atoms with Gasteiger partial charge in [0.25, 0.3) is 0 Å². The molecular formula is C21H21ClN4O2. The first kappa shape index (κ1) is 18.5. The van der Waals surface area contributed by atoms with E-state index in [1.807, 2.05) is 48.7 Å². The lowest BCUT2D eigenvalue weighted by molar-refractivity contribution is -0.115. The molecule has 7 heteroatoms.